The largest absolute Gasteiger partial charge is 0.368 e. The number of piperazine rings is 1. The van der Waals surface area contributed by atoms with Gasteiger partial charge in [-0.3, -0.25) is 4.90 Å². The fraction of sp³-hybridized carbons (Fsp3) is 0.600. The van der Waals surface area contributed by atoms with E-state index in [0.717, 1.165) is 32.7 Å². The zero-order valence-electron chi connectivity index (χ0n) is 12.1. The van der Waals surface area contributed by atoms with Gasteiger partial charge in [-0.15, -0.1) is 0 Å². The van der Waals surface area contributed by atoms with Crippen LogP contribution in [0.2, 0.25) is 0 Å². The molecule has 0 spiro atoms. The quantitative estimate of drug-likeness (QED) is 0.918. The molecule has 0 aliphatic carbocycles. The van der Waals surface area contributed by atoms with Crippen LogP contribution in [0.1, 0.15) is 19.4 Å². The highest BCUT2D eigenvalue weighted by Crippen LogP contribution is 2.28. The summed E-state index contributed by atoms with van der Waals surface area (Å²) in [5.41, 5.74) is 2.64. The third kappa shape index (κ3) is 3.71. The minimum absolute atomic E-state index is 0.656. The number of nitrogens with zero attached hydrogens (tertiary/aromatic N) is 2. The Balaban J connectivity index is 2.03. The minimum atomic E-state index is 0.656. The molecule has 4 heteroatoms. The van der Waals surface area contributed by atoms with Gasteiger partial charge in [0.05, 0.1) is 5.69 Å². The van der Waals surface area contributed by atoms with Crippen LogP contribution in [0.4, 0.5) is 5.69 Å². The van der Waals surface area contributed by atoms with E-state index in [-0.39, 0.29) is 0 Å². The Morgan fingerprint density at radius 2 is 1.89 bits per heavy atom. The van der Waals surface area contributed by atoms with E-state index in [1.165, 1.54) is 15.7 Å². The summed E-state index contributed by atoms with van der Waals surface area (Å²) < 4.78 is 1.21. The van der Waals surface area contributed by atoms with E-state index in [1.54, 1.807) is 0 Å². The lowest BCUT2D eigenvalue weighted by atomic mass is 10.1. The summed E-state index contributed by atoms with van der Waals surface area (Å²) >= 11 is 3.71. The summed E-state index contributed by atoms with van der Waals surface area (Å²) in [6, 6.07) is 7.33. The molecule has 0 unspecified atom stereocenters. The van der Waals surface area contributed by atoms with Gasteiger partial charge in [-0.05, 0) is 54.5 Å². The maximum absolute atomic E-state index is 3.71. The van der Waals surface area contributed by atoms with Crippen LogP contribution in [0.3, 0.4) is 0 Å². The molecule has 1 aliphatic rings. The Morgan fingerprint density at radius 1 is 1.21 bits per heavy atom. The number of hydrogen-bond donors (Lipinski definition) is 1. The average molecular weight is 326 g/mol. The second kappa shape index (κ2) is 6.73. The molecule has 3 nitrogen and oxygen atoms in total. The lowest BCUT2D eigenvalue weighted by Crippen LogP contribution is -2.49. The van der Waals surface area contributed by atoms with Crippen LogP contribution in [-0.2, 0) is 6.54 Å². The van der Waals surface area contributed by atoms with Crippen molar-refractivity contribution in [2.75, 3.05) is 38.1 Å². The fourth-order valence-corrected chi connectivity index (χ4v) is 3.28. The van der Waals surface area contributed by atoms with Gasteiger partial charge in [0.2, 0.25) is 0 Å². The maximum atomic E-state index is 3.71. The van der Waals surface area contributed by atoms with Gasteiger partial charge in [-0.25, -0.2) is 0 Å². The number of halogens is 1. The van der Waals surface area contributed by atoms with Gasteiger partial charge in [-0.2, -0.15) is 0 Å². The molecule has 0 atom stereocenters. The van der Waals surface area contributed by atoms with E-state index >= 15 is 0 Å². The summed E-state index contributed by atoms with van der Waals surface area (Å²) in [5.74, 6) is 0. The molecule has 1 aromatic rings. The van der Waals surface area contributed by atoms with Gasteiger partial charge in [-0.1, -0.05) is 6.07 Å². The monoisotopic (exact) mass is 325 g/mol. The molecule has 1 saturated heterocycles. The van der Waals surface area contributed by atoms with Crippen molar-refractivity contribution in [1.29, 1.82) is 0 Å². The summed E-state index contributed by atoms with van der Waals surface area (Å²) in [4.78, 5) is 5.02. The van der Waals surface area contributed by atoms with Crippen LogP contribution in [0.25, 0.3) is 0 Å². The van der Waals surface area contributed by atoms with Crippen LogP contribution in [0.5, 0.6) is 0 Å². The molecular weight excluding hydrogens is 302 g/mol. The van der Waals surface area contributed by atoms with Crippen molar-refractivity contribution in [3.05, 3.63) is 28.2 Å². The van der Waals surface area contributed by atoms with Gasteiger partial charge < -0.3 is 10.2 Å². The van der Waals surface area contributed by atoms with Crippen molar-refractivity contribution in [3.63, 3.8) is 0 Å². The molecule has 0 aromatic heterocycles. The van der Waals surface area contributed by atoms with Crippen LogP contribution in [0.15, 0.2) is 22.7 Å². The first-order chi connectivity index (χ1) is 9.11. The number of benzene rings is 1. The second-order valence-electron chi connectivity index (χ2n) is 5.43. The first-order valence-corrected chi connectivity index (χ1v) is 7.83. The van der Waals surface area contributed by atoms with Crippen molar-refractivity contribution in [2.45, 2.75) is 26.4 Å². The first-order valence-electron chi connectivity index (χ1n) is 7.04. The normalized spacial score (nSPS) is 17.2. The average Bonchev–Trinajstić information content (AvgIpc) is 2.39. The molecule has 2 rings (SSSR count). The standard InChI is InChI=1S/C15H24BrN3/c1-12(2)18-6-8-19(9-7-18)15-5-4-13(11-17-3)10-14(15)16/h4-5,10,12,17H,6-9,11H2,1-3H3. The molecule has 0 saturated carbocycles. The van der Waals surface area contributed by atoms with E-state index in [0.29, 0.717) is 6.04 Å². The number of nitrogens with one attached hydrogen (secondary N) is 1. The van der Waals surface area contributed by atoms with E-state index in [2.05, 4.69) is 63.1 Å². The summed E-state index contributed by atoms with van der Waals surface area (Å²) in [6.45, 7) is 10.0. The van der Waals surface area contributed by atoms with Crippen molar-refractivity contribution >= 4 is 21.6 Å². The molecule has 106 valence electrons. The summed E-state index contributed by atoms with van der Waals surface area (Å²) in [6.07, 6.45) is 0. The van der Waals surface area contributed by atoms with Crippen molar-refractivity contribution < 1.29 is 0 Å². The minimum Gasteiger partial charge on any atom is -0.368 e. The third-order valence-electron chi connectivity index (χ3n) is 3.78. The van der Waals surface area contributed by atoms with E-state index in [1.807, 2.05) is 7.05 Å². The molecule has 19 heavy (non-hydrogen) atoms. The predicted octanol–water partition coefficient (Wildman–Crippen LogP) is 2.70. The van der Waals surface area contributed by atoms with Crippen molar-refractivity contribution in [2.24, 2.45) is 0 Å². The Morgan fingerprint density at radius 3 is 2.42 bits per heavy atom. The Kier molecular flexibility index (Phi) is 5.25. The van der Waals surface area contributed by atoms with Gasteiger partial charge in [0.25, 0.3) is 0 Å². The molecule has 1 aliphatic heterocycles. The zero-order valence-corrected chi connectivity index (χ0v) is 13.7. The lowest BCUT2D eigenvalue weighted by molar-refractivity contribution is 0.209. The summed E-state index contributed by atoms with van der Waals surface area (Å²) in [7, 11) is 1.98. The van der Waals surface area contributed by atoms with Crippen LogP contribution in [-0.4, -0.2) is 44.2 Å². The van der Waals surface area contributed by atoms with E-state index in [9.17, 15) is 0 Å². The number of anilines is 1. The molecule has 0 radical (unpaired) electrons. The van der Waals surface area contributed by atoms with Gasteiger partial charge >= 0.3 is 0 Å². The zero-order chi connectivity index (χ0) is 13.8. The highest BCUT2D eigenvalue weighted by molar-refractivity contribution is 9.10. The SMILES string of the molecule is CNCc1ccc(N2CCN(C(C)C)CC2)c(Br)c1. The summed E-state index contributed by atoms with van der Waals surface area (Å²) in [5, 5.41) is 3.19. The third-order valence-corrected chi connectivity index (χ3v) is 4.41. The van der Waals surface area contributed by atoms with E-state index in [4.69, 9.17) is 0 Å². The van der Waals surface area contributed by atoms with Crippen LogP contribution in [0, 0.1) is 0 Å². The maximum Gasteiger partial charge on any atom is 0.0511 e. The van der Waals surface area contributed by atoms with Crippen molar-refractivity contribution in [1.82, 2.24) is 10.2 Å². The fourth-order valence-electron chi connectivity index (χ4n) is 2.60. The Labute approximate surface area is 125 Å². The molecular formula is C15H24BrN3. The molecule has 1 aromatic carbocycles. The van der Waals surface area contributed by atoms with Gasteiger partial charge in [0, 0.05) is 43.2 Å². The lowest BCUT2D eigenvalue weighted by Gasteiger charge is -2.38. The highest BCUT2D eigenvalue weighted by Gasteiger charge is 2.20. The smallest absolute Gasteiger partial charge is 0.0511 e. The number of rotatable bonds is 4. The molecule has 0 amide bonds. The molecule has 1 heterocycles. The predicted molar refractivity (Wildman–Crippen MR) is 85.8 cm³/mol. The number of hydrogen-bond acceptors (Lipinski definition) is 3. The molecule has 0 bridgehead atoms. The topological polar surface area (TPSA) is 18.5 Å². The highest BCUT2D eigenvalue weighted by atomic mass is 79.9. The van der Waals surface area contributed by atoms with Crippen LogP contribution >= 0.6 is 15.9 Å². The van der Waals surface area contributed by atoms with E-state index < -0.39 is 0 Å². The van der Waals surface area contributed by atoms with Gasteiger partial charge in [0.15, 0.2) is 0 Å². The Hall–Kier alpha value is -0.580. The Bertz CT molecular complexity index is 412. The van der Waals surface area contributed by atoms with Crippen molar-refractivity contribution in [3.8, 4) is 0 Å². The van der Waals surface area contributed by atoms with Gasteiger partial charge in [0.1, 0.15) is 0 Å². The van der Waals surface area contributed by atoms with Crippen LogP contribution < -0.4 is 10.2 Å². The first kappa shape index (κ1) is 14.8. The molecule has 1 N–H and O–H groups in total. The second-order valence-corrected chi connectivity index (χ2v) is 6.29. The molecule has 1 fully saturated rings.